The fourth-order valence-corrected chi connectivity index (χ4v) is 2.08. The highest BCUT2D eigenvalue weighted by Gasteiger charge is 2.34. The van der Waals surface area contributed by atoms with Crippen molar-refractivity contribution in [2.24, 2.45) is 5.92 Å². The maximum absolute atomic E-state index is 11.4. The molecule has 0 N–H and O–H groups in total. The van der Waals surface area contributed by atoms with Gasteiger partial charge in [0, 0.05) is 7.11 Å². The van der Waals surface area contributed by atoms with Crippen molar-refractivity contribution < 1.29 is 19.0 Å². The second kappa shape index (κ2) is 6.51. The van der Waals surface area contributed by atoms with Gasteiger partial charge in [0.05, 0.1) is 25.2 Å². The first kappa shape index (κ1) is 13.0. The molecule has 4 heteroatoms. The van der Waals surface area contributed by atoms with Crippen molar-refractivity contribution in [3.05, 3.63) is 0 Å². The van der Waals surface area contributed by atoms with Crippen molar-refractivity contribution in [3.8, 4) is 12.3 Å². The first-order valence-electron chi connectivity index (χ1n) is 5.38. The minimum atomic E-state index is -0.169. The van der Waals surface area contributed by atoms with Crippen molar-refractivity contribution in [1.82, 2.24) is 0 Å². The van der Waals surface area contributed by atoms with E-state index in [1.165, 1.54) is 7.11 Å². The molecule has 0 aromatic rings. The van der Waals surface area contributed by atoms with Gasteiger partial charge in [0.15, 0.2) is 0 Å². The highest BCUT2D eigenvalue weighted by Crippen LogP contribution is 2.29. The lowest BCUT2D eigenvalue weighted by Gasteiger charge is -2.33. The summed E-state index contributed by atoms with van der Waals surface area (Å²) in [7, 11) is 3.03. The van der Waals surface area contributed by atoms with Crippen LogP contribution in [0.2, 0.25) is 0 Å². The Morgan fingerprint density at radius 3 is 2.69 bits per heavy atom. The Labute approximate surface area is 96.2 Å². The molecule has 0 amide bonds. The molecule has 4 nitrogen and oxygen atoms in total. The van der Waals surface area contributed by atoms with Crippen molar-refractivity contribution in [1.29, 1.82) is 0 Å². The molecule has 90 valence electrons. The minimum absolute atomic E-state index is 0.0121. The summed E-state index contributed by atoms with van der Waals surface area (Å²) < 4.78 is 15.5. The van der Waals surface area contributed by atoms with Crippen molar-refractivity contribution >= 4 is 5.97 Å². The molecular formula is C12H18O4. The van der Waals surface area contributed by atoms with E-state index in [2.05, 4.69) is 5.92 Å². The number of hydrogen-bond donors (Lipinski definition) is 0. The number of methoxy groups -OCH3 is 2. The number of esters is 1. The number of hydrogen-bond acceptors (Lipinski definition) is 4. The Kier molecular flexibility index (Phi) is 5.30. The van der Waals surface area contributed by atoms with Gasteiger partial charge in [-0.1, -0.05) is 5.92 Å². The molecule has 3 unspecified atom stereocenters. The van der Waals surface area contributed by atoms with E-state index in [0.717, 1.165) is 12.8 Å². The summed E-state index contributed by atoms with van der Waals surface area (Å²) in [4.78, 5) is 11.4. The number of rotatable bonds is 4. The molecule has 0 aromatic carbocycles. The average Bonchev–Trinajstić information content (AvgIpc) is 2.35. The van der Waals surface area contributed by atoms with Crippen molar-refractivity contribution in [2.75, 3.05) is 20.8 Å². The van der Waals surface area contributed by atoms with Crippen LogP contribution in [0.5, 0.6) is 0 Å². The first-order valence-corrected chi connectivity index (χ1v) is 5.38. The number of ether oxygens (including phenoxy) is 3. The van der Waals surface area contributed by atoms with Crippen LogP contribution in [0.25, 0.3) is 0 Å². The summed E-state index contributed by atoms with van der Waals surface area (Å²) in [6, 6.07) is 0. The summed E-state index contributed by atoms with van der Waals surface area (Å²) in [5.74, 6) is 2.18. The molecule has 3 atom stereocenters. The van der Waals surface area contributed by atoms with E-state index in [4.69, 9.17) is 20.6 Å². The van der Waals surface area contributed by atoms with Crippen LogP contribution >= 0.6 is 0 Å². The van der Waals surface area contributed by atoms with Gasteiger partial charge in [-0.2, -0.15) is 0 Å². The largest absolute Gasteiger partial charge is 0.469 e. The molecule has 0 bridgehead atoms. The molecule has 1 aliphatic carbocycles. The second-order valence-electron chi connectivity index (χ2n) is 3.86. The molecule has 0 saturated heterocycles. The molecule has 0 heterocycles. The summed E-state index contributed by atoms with van der Waals surface area (Å²) in [6.07, 6.45) is 7.23. The van der Waals surface area contributed by atoms with Crippen LogP contribution in [0.1, 0.15) is 19.3 Å². The Balaban J connectivity index is 2.50. The van der Waals surface area contributed by atoms with Crippen molar-refractivity contribution in [2.45, 2.75) is 31.5 Å². The fraction of sp³-hybridized carbons (Fsp3) is 0.750. The van der Waals surface area contributed by atoms with E-state index < -0.39 is 0 Å². The van der Waals surface area contributed by atoms with Gasteiger partial charge in [0.1, 0.15) is 6.61 Å². The smallest absolute Gasteiger partial charge is 0.308 e. The van der Waals surface area contributed by atoms with E-state index in [-0.39, 0.29) is 30.7 Å². The van der Waals surface area contributed by atoms with Crippen LogP contribution in [0.15, 0.2) is 0 Å². The minimum Gasteiger partial charge on any atom is -0.469 e. The summed E-state index contributed by atoms with van der Waals surface area (Å²) >= 11 is 0. The van der Waals surface area contributed by atoms with E-state index in [1.54, 1.807) is 7.11 Å². The van der Waals surface area contributed by atoms with Gasteiger partial charge in [-0.05, 0) is 19.3 Å². The lowest BCUT2D eigenvalue weighted by Crippen LogP contribution is -2.39. The van der Waals surface area contributed by atoms with Crippen LogP contribution in [0.3, 0.4) is 0 Å². The molecular weight excluding hydrogens is 208 g/mol. The number of carbonyl (C=O) groups excluding carboxylic acids is 1. The average molecular weight is 226 g/mol. The predicted octanol–water partition coefficient (Wildman–Crippen LogP) is 0.993. The third kappa shape index (κ3) is 3.22. The molecule has 0 aromatic heterocycles. The molecule has 1 rings (SSSR count). The molecule has 0 aliphatic heterocycles. The summed E-state index contributed by atoms with van der Waals surface area (Å²) in [5, 5.41) is 0. The highest BCUT2D eigenvalue weighted by molar-refractivity contribution is 5.72. The van der Waals surface area contributed by atoms with Crippen LogP contribution in [0, 0.1) is 18.3 Å². The Morgan fingerprint density at radius 1 is 1.38 bits per heavy atom. The standard InChI is InChI=1S/C12H18O4/c1-4-7-16-10-6-5-9(12(13)15-3)8-11(10)14-2/h1,9-11H,5-8H2,2-3H3. The Bertz CT molecular complexity index is 269. The quantitative estimate of drug-likeness (QED) is 0.530. The van der Waals surface area contributed by atoms with E-state index >= 15 is 0 Å². The van der Waals surface area contributed by atoms with Gasteiger partial charge in [-0.25, -0.2) is 0 Å². The molecule has 1 saturated carbocycles. The maximum atomic E-state index is 11.4. The Hall–Kier alpha value is -1.05. The topological polar surface area (TPSA) is 44.8 Å². The van der Waals surface area contributed by atoms with Gasteiger partial charge in [-0.3, -0.25) is 4.79 Å². The maximum Gasteiger partial charge on any atom is 0.308 e. The van der Waals surface area contributed by atoms with Gasteiger partial charge in [0.25, 0.3) is 0 Å². The van der Waals surface area contributed by atoms with Gasteiger partial charge in [-0.15, -0.1) is 6.42 Å². The highest BCUT2D eigenvalue weighted by atomic mass is 16.5. The third-order valence-electron chi connectivity index (χ3n) is 2.95. The van der Waals surface area contributed by atoms with Crippen LogP contribution in [-0.2, 0) is 19.0 Å². The van der Waals surface area contributed by atoms with Gasteiger partial charge >= 0.3 is 5.97 Å². The molecule has 16 heavy (non-hydrogen) atoms. The zero-order valence-corrected chi connectivity index (χ0v) is 9.77. The first-order chi connectivity index (χ1) is 7.72. The van der Waals surface area contributed by atoms with Gasteiger partial charge in [0.2, 0.25) is 0 Å². The SMILES string of the molecule is C#CCOC1CCC(C(=O)OC)CC1OC. The summed E-state index contributed by atoms with van der Waals surface area (Å²) in [6.45, 7) is 0.285. The van der Waals surface area contributed by atoms with E-state index in [0.29, 0.717) is 6.42 Å². The molecule has 0 radical (unpaired) electrons. The normalized spacial score (nSPS) is 29.4. The zero-order valence-electron chi connectivity index (χ0n) is 9.77. The zero-order chi connectivity index (χ0) is 12.0. The predicted molar refractivity (Wildman–Crippen MR) is 58.7 cm³/mol. The lowest BCUT2D eigenvalue weighted by atomic mass is 9.85. The molecule has 1 fully saturated rings. The lowest BCUT2D eigenvalue weighted by molar-refractivity contribution is -0.152. The summed E-state index contributed by atoms with van der Waals surface area (Å²) in [5.41, 5.74) is 0. The second-order valence-corrected chi connectivity index (χ2v) is 3.86. The molecule has 1 aliphatic rings. The monoisotopic (exact) mass is 226 g/mol. The number of carbonyl (C=O) groups is 1. The third-order valence-corrected chi connectivity index (χ3v) is 2.95. The van der Waals surface area contributed by atoms with Crippen LogP contribution < -0.4 is 0 Å². The van der Waals surface area contributed by atoms with Crippen LogP contribution in [0.4, 0.5) is 0 Å². The van der Waals surface area contributed by atoms with Crippen molar-refractivity contribution in [3.63, 3.8) is 0 Å². The molecule has 0 spiro atoms. The van der Waals surface area contributed by atoms with E-state index in [9.17, 15) is 4.79 Å². The fourth-order valence-electron chi connectivity index (χ4n) is 2.08. The van der Waals surface area contributed by atoms with E-state index in [1.807, 2.05) is 0 Å². The van der Waals surface area contributed by atoms with Gasteiger partial charge < -0.3 is 14.2 Å². The number of terminal acetylenes is 1. The Morgan fingerprint density at radius 2 is 2.12 bits per heavy atom. The van der Waals surface area contributed by atoms with Crippen LogP contribution in [-0.4, -0.2) is 39.0 Å².